The zero-order chi connectivity index (χ0) is 24.2. The van der Waals surface area contributed by atoms with Gasteiger partial charge in [-0.2, -0.15) is 0 Å². The van der Waals surface area contributed by atoms with E-state index in [1.807, 2.05) is 31.2 Å². The molecule has 1 fully saturated rings. The van der Waals surface area contributed by atoms with E-state index in [2.05, 4.69) is 59.5 Å². The summed E-state index contributed by atoms with van der Waals surface area (Å²) in [6.07, 6.45) is 1.61. The van der Waals surface area contributed by atoms with Gasteiger partial charge in [0.1, 0.15) is 5.75 Å². The molecule has 0 aliphatic carbocycles. The molecule has 1 saturated heterocycles. The Labute approximate surface area is 206 Å². The Bertz CT molecular complexity index is 1330. The van der Waals surface area contributed by atoms with Crippen molar-refractivity contribution in [3.05, 3.63) is 78.9 Å². The van der Waals surface area contributed by atoms with Gasteiger partial charge in [0.2, 0.25) is 0 Å². The van der Waals surface area contributed by atoms with Crippen LogP contribution in [0.25, 0.3) is 33.3 Å². The summed E-state index contributed by atoms with van der Waals surface area (Å²) in [4.78, 5) is 19.6. The fourth-order valence-corrected chi connectivity index (χ4v) is 4.89. The van der Waals surface area contributed by atoms with Gasteiger partial charge in [-0.1, -0.05) is 60.7 Å². The summed E-state index contributed by atoms with van der Waals surface area (Å²) in [7, 11) is 1.70. The van der Waals surface area contributed by atoms with E-state index in [0.717, 1.165) is 65.0 Å². The number of fused-ring (bicyclic) bond motifs is 1. The lowest BCUT2D eigenvalue weighted by molar-refractivity contribution is -0.148. The first-order valence-corrected chi connectivity index (χ1v) is 12.2. The van der Waals surface area contributed by atoms with Gasteiger partial charge in [0, 0.05) is 35.3 Å². The number of anilines is 1. The maximum atomic E-state index is 12.2. The van der Waals surface area contributed by atoms with E-state index in [0.29, 0.717) is 6.61 Å². The molecular weight excluding hydrogens is 436 g/mol. The van der Waals surface area contributed by atoms with Crippen molar-refractivity contribution in [3.63, 3.8) is 0 Å². The summed E-state index contributed by atoms with van der Waals surface area (Å²) in [5.74, 6) is 0.779. The largest absolute Gasteiger partial charge is 0.496 e. The predicted octanol–water partition coefficient (Wildman–Crippen LogP) is 6.36. The number of aromatic nitrogens is 1. The Morgan fingerprint density at radius 3 is 2.37 bits per heavy atom. The van der Waals surface area contributed by atoms with Gasteiger partial charge in [0.05, 0.1) is 30.8 Å². The second-order valence-electron chi connectivity index (χ2n) is 8.83. The van der Waals surface area contributed by atoms with Gasteiger partial charge in [0.25, 0.3) is 0 Å². The number of benzene rings is 3. The topological polar surface area (TPSA) is 51.7 Å². The molecule has 0 spiro atoms. The standard InChI is InChI=1S/C30H30N2O3/c1-3-35-30(33)23-16-18-32(19-17-23)28-20-27(31-26-10-6-4-9-25(26)28)22-14-12-21(13-15-22)24-8-5-7-11-29(24)34-2/h4-15,20,23H,3,16-19H2,1-2H3. The molecule has 2 heterocycles. The van der Waals surface area contributed by atoms with Crippen LogP contribution in [0.1, 0.15) is 19.8 Å². The second kappa shape index (κ2) is 10.2. The molecule has 0 radical (unpaired) electrons. The molecule has 5 heteroatoms. The molecule has 0 atom stereocenters. The number of carbonyl (C=O) groups excluding carboxylic acids is 1. The highest BCUT2D eigenvalue weighted by Crippen LogP contribution is 2.35. The first-order chi connectivity index (χ1) is 17.2. The Morgan fingerprint density at radius 2 is 1.63 bits per heavy atom. The van der Waals surface area contributed by atoms with Crippen molar-refractivity contribution in [1.82, 2.24) is 4.98 Å². The van der Waals surface area contributed by atoms with E-state index in [1.54, 1.807) is 7.11 Å². The van der Waals surface area contributed by atoms with Crippen molar-refractivity contribution in [2.24, 2.45) is 5.92 Å². The summed E-state index contributed by atoms with van der Waals surface area (Å²) >= 11 is 0. The third-order valence-corrected chi connectivity index (χ3v) is 6.75. The zero-order valence-corrected chi connectivity index (χ0v) is 20.2. The number of esters is 1. The van der Waals surface area contributed by atoms with Gasteiger partial charge in [-0.3, -0.25) is 4.79 Å². The minimum absolute atomic E-state index is 0.0127. The third-order valence-electron chi connectivity index (χ3n) is 6.75. The van der Waals surface area contributed by atoms with Crippen molar-refractivity contribution in [1.29, 1.82) is 0 Å². The maximum absolute atomic E-state index is 12.2. The van der Waals surface area contributed by atoms with Gasteiger partial charge < -0.3 is 14.4 Å². The highest BCUT2D eigenvalue weighted by atomic mass is 16.5. The lowest BCUT2D eigenvalue weighted by Crippen LogP contribution is -2.37. The SMILES string of the molecule is CCOC(=O)C1CCN(c2cc(-c3ccc(-c4ccccc4OC)cc3)nc3ccccc23)CC1. The van der Waals surface area contributed by atoms with Gasteiger partial charge in [0.15, 0.2) is 0 Å². The Balaban J connectivity index is 1.46. The average Bonchev–Trinajstić information content (AvgIpc) is 2.92. The number of pyridine rings is 1. The number of hydrogen-bond donors (Lipinski definition) is 0. The molecule has 5 nitrogen and oxygen atoms in total. The molecule has 0 saturated carbocycles. The number of piperidine rings is 1. The lowest BCUT2D eigenvalue weighted by Gasteiger charge is -2.33. The summed E-state index contributed by atoms with van der Waals surface area (Å²) in [6, 6.07) is 27.0. The van der Waals surface area contributed by atoms with Crippen LogP contribution in [0.4, 0.5) is 5.69 Å². The number of hydrogen-bond acceptors (Lipinski definition) is 5. The summed E-state index contributed by atoms with van der Waals surface area (Å²) in [5.41, 5.74) is 6.32. The van der Waals surface area contributed by atoms with Crippen molar-refractivity contribution < 1.29 is 14.3 Å². The van der Waals surface area contributed by atoms with Gasteiger partial charge >= 0.3 is 5.97 Å². The van der Waals surface area contributed by atoms with E-state index >= 15 is 0 Å². The monoisotopic (exact) mass is 466 g/mol. The van der Waals surface area contributed by atoms with E-state index in [1.165, 1.54) is 5.69 Å². The molecule has 0 amide bonds. The van der Waals surface area contributed by atoms with Crippen LogP contribution in [0.15, 0.2) is 78.9 Å². The number of ether oxygens (including phenoxy) is 2. The summed E-state index contributed by atoms with van der Waals surface area (Å²) < 4.78 is 10.8. The molecule has 1 aliphatic rings. The van der Waals surface area contributed by atoms with Crippen LogP contribution in [-0.2, 0) is 9.53 Å². The highest BCUT2D eigenvalue weighted by Gasteiger charge is 2.27. The van der Waals surface area contributed by atoms with Crippen LogP contribution in [0.2, 0.25) is 0 Å². The van der Waals surface area contributed by atoms with Crippen molar-refractivity contribution in [2.75, 3.05) is 31.7 Å². The molecule has 0 N–H and O–H groups in total. The van der Waals surface area contributed by atoms with Crippen molar-refractivity contribution >= 4 is 22.6 Å². The molecule has 1 aromatic heterocycles. The highest BCUT2D eigenvalue weighted by molar-refractivity contribution is 5.94. The zero-order valence-electron chi connectivity index (χ0n) is 20.2. The van der Waals surface area contributed by atoms with E-state index in [9.17, 15) is 4.79 Å². The number of methoxy groups -OCH3 is 1. The molecule has 0 unspecified atom stereocenters. The summed E-state index contributed by atoms with van der Waals surface area (Å²) in [5, 5.41) is 1.14. The number of rotatable bonds is 6. The van der Waals surface area contributed by atoms with E-state index in [-0.39, 0.29) is 11.9 Å². The van der Waals surface area contributed by atoms with Crippen LogP contribution in [0, 0.1) is 5.92 Å². The van der Waals surface area contributed by atoms with Gasteiger partial charge in [-0.15, -0.1) is 0 Å². The minimum Gasteiger partial charge on any atom is -0.496 e. The fraction of sp³-hybridized carbons (Fsp3) is 0.267. The van der Waals surface area contributed by atoms with E-state index in [4.69, 9.17) is 14.5 Å². The number of carbonyl (C=O) groups is 1. The smallest absolute Gasteiger partial charge is 0.309 e. The van der Waals surface area contributed by atoms with E-state index < -0.39 is 0 Å². The Hall–Kier alpha value is -3.86. The molecule has 0 bridgehead atoms. The minimum atomic E-state index is -0.0671. The van der Waals surface area contributed by atoms with Gasteiger partial charge in [-0.05, 0) is 43.5 Å². The van der Waals surface area contributed by atoms with Crippen LogP contribution >= 0.6 is 0 Å². The number of nitrogens with zero attached hydrogens (tertiary/aromatic N) is 2. The molecule has 3 aromatic carbocycles. The van der Waals surface area contributed by atoms with Crippen LogP contribution < -0.4 is 9.64 Å². The quantitative estimate of drug-likeness (QED) is 0.310. The second-order valence-corrected chi connectivity index (χ2v) is 8.83. The van der Waals surface area contributed by atoms with Crippen LogP contribution in [0.5, 0.6) is 5.75 Å². The van der Waals surface area contributed by atoms with Crippen LogP contribution in [-0.4, -0.2) is 37.8 Å². The molecule has 35 heavy (non-hydrogen) atoms. The third kappa shape index (κ3) is 4.72. The molecule has 5 rings (SSSR count). The Morgan fingerprint density at radius 1 is 0.943 bits per heavy atom. The Kier molecular flexibility index (Phi) is 6.66. The molecule has 1 aliphatic heterocycles. The normalized spacial score (nSPS) is 14.2. The average molecular weight is 467 g/mol. The maximum Gasteiger partial charge on any atom is 0.309 e. The molecule has 178 valence electrons. The lowest BCUT2D eigenvalue weighted by atomic mass is 9.95. The van der Waals surface area contributed by atoms with Gasteiger partial charge in [-0.25, -0.2) is 4.98 Å². The first kappa shape index (κ1) is 22.9. The molecule has 4 aromatic rings. The fourth-order valence-electron chi connectivity index (χ4n) is 4.89. The summed E-state index contributed by atoms with van der Waals surface area (Å²) in [6.45, 7) is 3.95. The molecular formula is C30H30N2O3. The predicted molar refractivity (Wildman–Crippen MR) is 141 cm³/mol. The van der Waals surface area contributed by atoms with Crippen molar-refractivity contribution in [3.8, 4) is 28.1 Å². The first-order valence-electron chi connectivity index (χ1n) is 12.2. The van der Waals surface area contributed by atoms with Crippen LogP contribution in [0.3, 0.4) is 0 Å². The number of para-hydroxylation sites is 2. The van der Waals surface area contributed by atoms with Crippen molar-refractivity contribution in [2.45, 2.75) is 19.8 Å².